The average molecular weight is 426 g/mol. The molecule has 0 aliphatic carbocycles. The van der Waals surface area contributed by atoms with Crippen molar-refractivity contribution in [1.29, 1.82) is 0 Å². The van der Waals surface area contributed by atoms with E-state index in [4.69, 9.17) is 32.9 Å². The fourth-order valence-electron chi connectivity index (χ4n) is 1.75. The van der Waals surface area contributed by atoms with Crippen molar-refractivity contribution in [2.75, 3.05) is 19.8 Å². The predicted octanol–water partition coefficient (Wildman–Crippen LogP) is 2.01. The summed E-state index contributed by atoms with van der Waals surface area (Å²) in [5.41, 5.74) is 4.78. The highest BCUT2D eigenvalue weighted by Crippen LogP contribution is 2.10. The number of unbranched alkanes of at least 4 members (excludes halogenated alkanes) is 9. The van der Waals surface area contributed by atoms with E-state index in [2.05, 4.69) is 11.1 Å². The molecule has 26 heavy (non-hydrogen) atoms. The molecule has 0 saturated carbocycles. The molecular weight excluding hydrogens is 390 g/mol. The third-order valence-electron chi connectivity index (χ3n) is 2.86. The lowest BCUT2D eigenvalue weighted by molar-refractivity contribution is 0.261. The van der Waals surface area contributed by atoms with Gasteiger partial charge in [-0.3, -0.25) is 13.7 Å². The van der Waals surface area contributed by atoms with Crippen molar-refractivity contribution < 1.29 is 39.8 Å². The molecule has 0 aliphatic heterocycles. The summed E-state index contributed by atoms with van der Waals surface area (Å²) < 4.78 is 64.6. The first kappa shape index (κ1) is 30.4. The molecule has 0 amide bonds. The second-order valence-electron chi connectivity index (χ2n) is 5.39. The zero-order valence-corrected chi connectivity index (χ0v) is 17.0. The molecule has 0 aromatic carbocycles. The van der Waals surface area contributed by atoms with E-state index >= 15 is 0 Å². The van der Waals surface area contributed by atoms with Crippen molar-refractivity contribution in [2.24, 2.45) is 5.73 Å². The van der Waals surface area contributed by atoms with Crippen LogP contribution in [0.5, 0.6) is 0 Å². The first-order valence-corrected chi connectivity index (χ1v) is 11.4. The lowest BCUT2D eigenvalue weighted by atomic mass is 10.1. The molecule has 0 aromatic rings. The summed E-state index contributed by atoms with van der Waals surface area (Å²) in [6, 6.07) is 0. The van der Waals surface area contributed by atoms with E-state index in [9.17, 15) is 8.42 Å². The molecular formula is C14H35NO9S2. The summed E-state index contributed by atoms with van der Waals surface area (Å²) in [5, 5.41) is 7.75. The number of hydrogen-bond donors (Lipinski definition) is 5. The molecule has 0 rings (SSSR count). The van der Waals surface area contributed by atoms with E-state index < -0.39 is 20.8 Å². The second-order valence-corrected chi connectivity index (χ2v) is 7.38. The molecule has 0 bridgehead atoms. The molecule has 0 fully saturated rings. The zero-order valence-electron chi connectivity index (χ0n) is 15.4. The minimum atomic E-state index is -4.67. The fourth-order valence-corrected chi connectivity index (χ4v) is 2.08. The normalized spacial score (nSPS) is 11.2. The number of nitrogens with two attached hydrogens (primary N) is 1. The molecule has 0 saturated heterocycles. The van der Waals surface area contributed by atoms with Crippen LogP contribution < -0.4 is 5.73 Å². The van der Waals surface area contributed by atoms with Crippen LogP contribution in [0.2, 0.25) is 0 Å². The topological polar surface area (TPSA) is 184 Å². The van der Waals surface area contributed by atoms with Crippen LogP contribution in [0, 0.1) is 0 Å². The lowest BCUT2D eigenvalue weighted by Crippen LogP contribution is -2.04. The summed E-state index contributed by atoms with van der Waals surface area (Å²) in [6.07, 6.45) is 11.9. The number of aliphatic hydroxyl groups is 1. The Hall–Kier alpha value is -0.340. The molecule has 6 N–H and O–H groups in total. The Morgan fingerprint density at radius 3 is 1.35 bits per heavy atom. The van der Waals surface area contributed by atoms with Crippen molar-refractivity contribution in [2.45, 2.75) is 71.1 Å². The van der Waals surface area contributed by atoms with Crippen molar-refractivity contribution in [3.05, 3.63) is 0 Å². The van der Waals surface area contributed by atoms with Crippen LogP contribution in [-0.2, 0) is 25.0 Å². The molecule has 0 radical (unpaired) electrons. The summed E-state index contributed by atoms with van der Waals surface area (Å²) in [5.74, 6) is 0. The molecule has 0 spiro atoms. The van der Waals surface area contributed by atoms with Gasteiger partial charge in [-0.25, -0.2) is 4.18 Å². The van der Waals surface area contributed by atoms with Crippen LogP contribution in [-0.4, -0.2) is 55.4 Å². The monoisotopic (exact) mass is 425 g/mol. The second kappa shape index (κ2) is 21.0. The standard InChI is InChI=1S/C12H26O4S.C2H7NO.H2O4S/c1-2-3-4-5-6-7-8-9-10-11-12-16-17(13,14)15;3-1-2-4;1-5(2,3)4/h2-12H2,1H3,(H,13,14,15);4H,1-3H2;(H2,1,2,3,4). The third-order valence-corrected chi connectivity index (χ3v) is 3.32. The van der Waals surface area contributed by atoms with Crippen LogP contribution in [0.1, 0.15) is 71.1 Å². The maximum Gasteiger partial charge on any atom is 0.397 e. The Bertz CT molecular complexity index is 457. The van der Waals surface area contributed by atoms with Gasteiger partial charge in [0.1, 0.15) is 0 Å². The van der Waals surface area contributed by atoms with E-state index in [1.54, 1.807) is 0 Å². The molecule has 12 heteroatoms. The van der Waals surface area contributed by atoms with Gasteiger partial charge in [0.25, 0.3) is 0 Å². The minimum absolute atomic E-state index is 0.0926. The highest BCUT2D eigenvalue weighted by molar-refractivity contribution is 7.80. The Morgan fingerprint density at radius 2 is 1.08 bits per heavy atom. The molecule has 0 atom stereocenters. The molecule has 0 aromatic heterocycles. The Balaban J connectivity index is -0.000000484. The van der Waals surface area contributed by atoms with Crippen LogP contribution in [0.15, 0.2) is 0 Å². The molecule has 162 valence electrons. The highest BCUT2D eigenvalue weighted by atomic mass is 32.3. The van der Waals surface area contributed by atoms with E-state index in [-0.39, 0.29) is 13.2 Å². The predicted molar refractivity (Wildman–Crippen MR) is 99.7 cm³/mol. The summed E-state index contributed by atoms with van der Waals surface area (Å²) in [7, 11) is -8.90. The average Bonchev–Trinajstić information content (AvgIpc) is 2.50. The van der Waals surface area contributed by atoms with Gasteiger partial charge in [0.2, 0.25) is 0 Å². The SMILES string of the molecule is CCCCCCCCCCCCOS(=O)(=O)O.NCCO.O=S(=O)(O)O. The Morgan fingerprint density at radius 1 is 0.769 bits per heavy atom. The van der Waals surface area contributed by atoms with Gasteiger partial charge in [-0.1, -0.05) is 64.7 Å². The number of rotatable bonds is 13. The van der Waals surface area contributed by atoms with Crippen molar-refractivity contribution >= 4 is 20.8 Å². The molecule has 10 nitrogen and oxygen atoms in total. The van der Waals surface area contributed by atoms with E-state index in [1.807, 2.05) is 0 Å². The lowest BCUT2D eigenvalue weighted by Gasteiger charge is -2.02. The van der Waals surface area contributed by atoms with E-state index in [0.29, 0.717) is 13.0 Å². The maximum absolute atomic E-state index is 10.2. The fraction of sp³-hybridized carbons (Fsp3) is 1.00. The van der Waals surface area contributed by atoms with Gasteiger partial charge in [0.05, 0.1) is 13.2 Å². The molecule has 0 aliphatic rings. The Labute approximate surface area is 157 Å². The smallest absolute Gasteiger partial charge is 0.395 e. The Kier molecular flexibility index (Phi) is 24.5. The molecule has 0 unspecified atom stereocenters. The van der Waals surface area contributed by atoms with Gasteiger partial charge < -0.3 is 10.8 Å². The first-order valence-electron chi connectivity index (χ1n) is 8.60. The highest BCUT2D eigenvalue weighted by Gasteiger charge is 2.02. The van der Waals surface area contributed by atoms with Crippen LogP contribution in [0.3, 0.4) is 0 Å². The molecule has 0 heterocycles. The van der Waals surface area contributed by atoms with Gasteiger partial charge in [-0.15, -0.1) is 0 Å². The number of hydrogen-bond acceptors (Lipinski definition) is 7. The van der Waals surface area contributed by atoms with Crippen molar-refractivity contribution in [1.82, 2.24) is 0 Å². The largest absolute Gasteiger partial charge is 0.397 e. The van der Waals surface area contributed by atoms with Crippen LogP contribution in [0.4, 0.5) is 0 Å². The van der Waals surface area contributed by atoms with Gasteiger partial charge in [0.15, 0.2) is 0 Å². The van der Waals surface area contributed by atoms with Gasteiger partial charge in [-0.05, 0) is 6.42 Å². The zero-order chi connectivity index (χ0) is 20.9. The quantitative estimate of drug-likeness (QED) is 0.216. The minimum Gasteiger partial charge on any atom is -0.395 e. The van der Waals surface area contributed by atoms with Gasteiger partial charge >= 0.3 is 20.8 Å². The van der Waals surface area contributed by atoms with Gasteiger partial charge in [0, 0.05) is 6.54 Å². The summed E-state index contributed by atoms with van der Waals surface area (Å²) in [6.45, 7) is 2.78. The number of aliphatic hydroxyl groups excluding tert-OH is 1. The van der Waals surface area contributed by atoms with Crippen LogP contribution in [0.25, 0.3) is 0 Å². The summed E-state index contributed by atoms with van der Waals surface area (Å²) in [4.78, 5) is 0. The van der Waals surface area contributed by atoms with Crippen molar-refractivity contribution in [3.63, 3.8) is 0 Å². The third kappa shape index (κ3) is 56.5. The van der Waals surface area contributed by atoms with Crippen molar-refractivity contribution in [3.8, 4) is 0 Å². The van der Waals surface area contributed by atoms with E-state index in [1.165, 1.54) is 44.9 Å². The van der Waals surface area contributed by atoms with Crippen LogP contribution >= 0.6 is 0 Å². The first-order chi connectivity index (χ1) is 12.0. The van der Waals surface area contributed by atoms with E-state index in [0.717, 1.165) is 12.8 Å². The van der Waals surface area contributed by atoms with Gasteiger partial charge in [-0.2, -0.15) is 16.8 Å². The maximum atomic E-state index is 10.2. The summed E-state index contributed by atoms with van der Waals surface area (Å²) >= 11 is 0.